The number of nitrogens with zero attached hydrogens (tertiary/aromatic N) is 1. The maximum Gasteiger partial charge on any atom is 0.243 e. The highest BCUT2D eigenvalue weighted by molar-refractivity contribution is 7.89. The van der Waals surface area contributed by atoms with E-state index < -0.39 is 26.6 Å². The van der Waals surface area contributed by atoms with Gasteiger partial charge < -0.3 is 4.74 Å². The number of nitrogens with one attached hydrogen (secondary N) is 1. The SMILES string of the molecule is COc1ccccc1C(CNS(=O)(=O)c1cc(F)ccc1F)N1CCCC1. The van der Waals surface area contributed by atoms with Gasteiger partial charge in [-0.25, -0.2) is 21.9 Å². The molecule has 0 spiro atoms. The number of rotatable bonds is 7. The molecule has 3 rings (SSSR count). The van der Waals surface area contributed by atoms with Crippen molar-refractivity contribution in [2.24, 2.45) is 0 Å². The van der Waals surface area contributed by atoms with E-state index in [9.17, 15) is 17.2 Å². The van der Waals surface area contributed by atoms with Gasteiger partial charge in [0, 0.05) is 12.1 Å². The molecule has 1 unspecified atom stereocenters. The fourth-order valence-corrected chi connectivity index (χ4v) is 4.51. The Balaban J connectivity index is 1.87. The Bertz CT molecular complexity index is 900. The number of likely N-dealkylation sites (tertiary alicyclic amines) is 1. The van der Waals surface area contributed by atoms with Gasteiger partial charge in [0.1, 0.15) is 22.3 Å². The van der Waals surface area contributed by atoms with Gasteiger partial charge in [0.05, 0.1) is 13.2 Å². The minimum absolute atomic E-state index is 0.0264. The highest BCUT2D eigenvalue weighted by atomic mass is 32.2. The molecule has 27 heavy (non-hydrogen) atoms. The zero-order valence-corrected chi connectivity index (χ0v) is 15.8. The fourth-order valence-electron chi connectivity index (χ4n) is 3.38. The first-order valence-corrected chi connectivity index (χ1v) is 10.2. The number of hydrogen-bond acceptors (Lipinski definition) is 4. The minimum atomic E-state index is -4.20. The summed E-state index contributed by atoms with van der Waals surface area (Å²) in [7, 11) is -2.64. The third kappa shape index (κ3) is 4.45. The number of methoxy groups -OCH3 is 1. The zero-order chi connectivity index (χ0) is 19.4. The molecule has 1 saturated heterocycles. The van der Waals surface area contributed by atoms with Gasteiger partial charge in [-0.2, -0.15) is 0 Å². The van der Waals surface area contributed by atoms with Gasteiger partial charge in [0.2, 0.25) is 10.0 Å². The molecule has 0 saturated carbocycles. The predicted molar refractivity (Wildman–Crippen MR) is 98.1 cm³/mol. The van der Waals surface area contributed by atoms with Crippen LogP contribution in [0.4, 0.5) is 8.78 Å². The lowest BCUT2D eigenvalue weighted by Gasteiger charge is -2.29. The maximum absolute atomic E-state index is 13.9. The Kier molecular flexibility index (Phi) is 6.08. The van der Waals surface area contributed by atoms with E-state index in [0.717, 1.165) is 43.6 Å². The molecule has 0 bridgehead atoms. The van der Waals surface area contributed by atoms with Crippen LogP contribution in [0.5, 0.6) is 5.75 Å². The number of benzene rings is 2. The first kappa shape index (κ1) is 19.7. The smallest absolute Gasteiger partial charge is 0.243 e. The molecule has 1 aliphatic rings. The van der Waals surface area contributed by atoms with Crippen molar-refractivity contribution in [3.8, 4) is 5.75 Å². The molecule has 1 fully saturated rings. The Hall–Kier alpha value is -2.03. The highest BCUT2D eigenvalue weighted by Crippen LogP contribution is 2.31. The lowest BCUT2D eigenvalue weighted by Crippen LogP contribution is -2.37. The van der Waals surface area contributed by atoms with Crippen molar-refractivity contribution in [2.75, 3.05) is 26.7 Å². The van der Waals surface area contributed by atoms with Crippen LogP contribution in [0.3, 0.4) is 0 Å². The summed E-state index contributed by atoms with van der Waals surface area (Å²) in [5, 5.41) is 0. The normalized spacial score (nSPS) is 16.4. The quantitative estimate of drug-likeness (QED) is 0.781. The fraction of sp³-hybridized carbons (Fsp3) is 0.368. The van der Waals surface area contributed by atoms with E-state index in [0.29, 0.717) is 11.8 Å². The number of ether oxygens (including phenoxy) is 1. The van der Waals surface area contributed by atoms with Crippen LogP contribution in [-0.2, 0) is 10.0 Å². The zero-order valence-electron chi connectivity index (χ0n) is 15.0. The Labute approximate surface area is 158 Å². The van der Waals surface area contributed by atoms with E-state index in [1.807, 2.05) is 24.3 Å². The summed E-state index contributed by atoms with van der Waals surface area (Å²) < 4.78 is 60.3. The highest BCUT2D eigenvalue weighted by Gasteiger charge is 2.28. The van der Waals surface area contributed by atoms with Crippen molar-refractivity contribution in [2.45, 2.75) is 23.8 Å². The molecule has 2 aromatic carbocycles. The van der Waals surface area contributed by atoms with Crippen LogP contribution < -0.4 is 9.46 Å². The van der Waals surface area contributed by atoms with Gasteiger partial charge in [0.25, 0.3) is 0 Å². The molecule has 2 aromatic rings. The molecule has 1 N–H and O–H groups in total. The molecule has 1 aliphatic heterocycles. The van der Waals surface area contributed by atoms with Crippen molar-refractivity contribution < 1.29 is 21.9 Å². The second-order valence-electron chi connectivity index (χ2n) is 6.43. The van der Waals surface area contributed by atoms with Gasteiger partial charge in [-0.3, -0.25) is 4.90 Å². The summed E-state index contributed by atoms with van der Waals surface area (Å²) in [5.74, 6) is -1.14. The molecule has 1 heterocycles. The molecule has 0 amide bonds. The minimum Gasteiger partial charge on any atom is -0.496 e. The van der Waals surface area contributed by atoms with Gasteiger partial charge in [0.15, 0.2) is 0 Å². The van der Waals surface area contributed by atoms with Crippen LogP contribution in [0.2, 0.25) is 0 Å². The molecule has 0 aliphatic carbocycles. The third-order valence-corrected chi connectivity index (χ3v) is 6.17. The van der Waals surface area contributed by atoms with Gasteiger partial charge in [-0.1, -0.05) is 18.2 Å². The van der Waals surface area contributed by atoms with Crippen molar-refractivity contribution in [1.82, 2.24) is 9.62 Å². The molecule has 146 valence electrons. The molecule has 0 aromatic heterocycles. The topological polar surface area (TPSA) is 58.6 Å². The summed E-state index contributed by atoms with van der Waals surface area (Å²) in [4.78, 5) is 1.48. The lowest BCUT2D eigenvalue weighted by atomic mass is 10.0. The van der Waals surface area contributed by atoms with Gasteiger partial charge in [-0.15, -0.1) is 0 Å². The van der Waals surface area contributed by atoms with Crippen LogP contribution in [0.1, 0.15) is 24.4 Å². The second kappa shape index (κ2) is 8.33. The van der Waals surface area contributed by atoms with Crippen LogP contribution in [0, 0.1) is 11.6 Å². The number of sulfonamides is 1. The number of hydrogen-bond donors (Lipinski definition) is 1. The Morgan fingerprint density at radius 2 is 1.85 bits per heavy atom. The van der Waals surface area contributed by atoms with E-state index >= 15 is 0 Å². The van der Waals surface area contributed by atoms with E-state index in [-0.39, 0.29) is 12.6 Å². The average Bonchev–Trinajstić information content (AvgIpc) is 3.18. The maximum atomic E-state index is 13.9. The van der Waals surface area contributed by atoms with Crippen LogP contribution >= 0.6 is 0 Å². The van der Waals surface area contributed by atoms with Crippen molar-refractivity contribution in [3.63, 3.8) is 0 Å². The summed E-state index contributed by atoms with van der Waals surface area (Å²) in [6.45, 7) is 1.69. The van der Waals surface area contributed by atoms with Gasteiger partial charge >= 0.3 is 0 Å². The Morgan fingerprint density at radius 1 is 1.15 bits per heavy atom. The standard InChI is InChI=1S/C19H22F2N2O3S/c1-26-18-7-3-2-6-15(18)17(23-10-4-5-11-23)13-22-27(24,25)19-12-14(20)8-9-16(19)21/h2-3,6-9,12,17,22H,4-5,10-11,13H2,1H3. The molecule has 8 heteroatoms. The van der Waals surface area contributed by atoms with Crippen LogP contribution in [0.15, 0.2) is 47.4 Å². The first-order valence-electron chi connectivity index (χ1n) is 8.74. The summed E-state index contributed by atoms with van der Waals surface area (Å²) in [5.41, 5.74) is 0.851. The van der Waals surface area contributed by atoms with E-state index in [1.54, 1.807) is 7.11 Å². The van der Waals surface area contributed by atoms with E-state index in [2.05, 4.69) is 9.62 Å². The first-order chi connectivity index (χ1) is 12.9. The number of halogens is 2. The van der Waals surface area contributed by atoms with E-state index in [4.69, 9.17) is 4.74 Å². The van der Waals surface area contributed by atoms with Crippen molar-refractivity contribution in [1.29, 1.82) is 0 Å². The average molecular weight is 396 g/mol. The molecular weight excluding hydrogens is 374 g/mol. The number of para-hydroxylation sites is 1. The predicted octanol–water partition coefficient (Wildman–Crippen LogP) is 3.09. The van der Waals surface area contributed by atoms with Crippen LogP contribution in [-0.4, -0.2) is 40.1 Å². The molecule has 5 nitrogen and oxygen atoms in total. The summed E-state index contributed by atoms with van der Waals surface area (Å²) >= 11 is 0. The van der Waals surface area contributed by atoms with Crippen molar-refractivity contribution >= 4 is 10.0 Å². The third-order valence-electron chi connectivity index (χ3n) is 4.73. The van der Waals surface area contributed by atoms with Gasteiger partial charge in [-0.05, 0) is 50.2 Å². The summed E-state index contributed by atoms with van der Waals surface area (Å²) in [6, 6.07) is 9.52. The van der Waals surface area contributed by atoms with E-state index in [1.165, 1.54) is 0 Å². The largest absolute Gasteiger partial charge is 0.496 e. The molecule has 0 radical (unpaired) electrons. The monoisotopic (exact) mass is 396 g/mol. The molecular formula is C19H22F2N2O3S. The molecule has 1 atom stereocenters. The van der Waals surface area contributed by atoms with Crippen molar-refractivity contribution in [3.05, 3.63) is 59.7 Å². The second-order valence-corrected chi connectivity index (χ2v) is 8.16. The summed E-state index contributed by atoms with van der Waals surface area (Å²) in [6.07, 6.45) is 2.05. The lowest BCUT2D eigenvalue weighted by molar-refractivity contribution is 0.240. The van der Waals surface area contributed by atoms with Crippen LogP contribution in [0.25, 0.3) is 0 Å². The Morgan fingerprint density at radius 3 is 2.56 bits per heavy atom.